The number of amides is 1. The van der Waals surface area contributed by atoms with Crippen LogP contribution in [-0.2, 0) is 34.3 Å². The summed E-state index contributed by atoms with van der Waals surface area (Å²) in [5, 5.41) is 11.3. The highest BCUT2D eigenvalue weighted by molar-refractivity contribution is 7.92. The first kappa shape index (κ1) is 28.7. The zero-order valence-electron chi connectivity index (χ0n) is 23.1. The van der Waals surface area contributed by atoms with Crippen LogP contribution in [0.25, 0.3) is 11.0 Å². The van der Waals surface area contributed by atoms with Gasteiger partial charge >= 0.3 is 6.09 Å². The lowest BCUT2D eigenvalue weighted by molar-refractivity contribution is 0.0523. The van der Waals surface area contributed by atoms with Gasteiger partial charge in [0.15, 0.2) is 11.4 Å². The molecule has 0 saturated carbocycles. The average molecular weight is 573 g/mol. The second-order valence-corrected chi connectivity index (χ2v) is 11.6. The predicted octanol–water partition coefficient (Wildman–Crippen LogP) is 3.87. The standard InChI is InChI=1S/C26H32N6O7S/c1-7-16-10-21(24(37-6)27-11-16)40(34,35)31-23-22-19(36-5)8-17(9-20(22)39-30-23)14-32-15-18(13-29-32)12-28-25(33)38-26(2,3)4/h8-11,13,15H,7,12,14H2,1-6H3,(H,28,33)(H,30,31). The molecule has 0 unspecified atom stereocenters. The topological polar surface area (TPSA) is 160 Å². The molecular weight excluding hydrogens is 540 g/mol. The number of fused-ring (bicyclic) bond motifs is 1. The number of aromatic nitrogens is 4. The van der Waals surface area contributed by atoms with E-state index in [0.717, 1.165) is 16.7 Å². The van der Waals surface area contributed by atoms with Crippen molar-refractivity contribution >= 4 is 32.9 Å². The quantitative estimate of drug-likeness (QED) is 0.285. The van der Waals surface area contributed by atoms with Crippen LogP contribution in [0.2, 0.25) is 0 Å². The number of nitrogens with zero attached hydrogens (tertiary/aromatic N) is 4. The maximum absolute atomic E-state index is 13.3. The maximum atomic E-state index is 13.3. The van der Waals surface area contributed by atoms with Gasteiger partial charge in [-0.1, -0.05) is 12.1 Å². The molecule has 3 heterocycles. The third kappa shape index (κ3) is 6.62. The third-order valence-electron chi connectivity index (χ3n) is 5.68. The van der Waals surface area contributed by atoms with Crippen molar-refractivity contribution in [3.8, 4) is 11.6 Å². The molecular formula is C26H32N6O7S. The van der Waals surface area contributed by atoms with Crippen molar-refractivity contribution in [2.75, 3.05) is 18.9 Å². The molecule has 0 bridgehead atoms. The number of hydrogen-bond donors (Lipinski definition) is 2. The van der Waals surface area contributed by atoms with Crippen LogP contribution in [0.3, 0.4) is 0 Å². The van der Waals surface area contributed by atoms with Gasteiger partial charge in [0.1, 0.15) is 21.6 Å². The molecule has 13 nitrogen and oxygen atoms in total. The van der Waals surface area contributed by atoms with Crippen LogP contribution in [-0.4, -0.2) is 54.3 Å². The zero-order valence-corrected chi connectivity index (χ0v) is 24.0. The fourth-order valence-corrected chi connectivity index (χ4v) is 5.04. The molecule has 3 aromatic heterocycles. The number of nitrogens with one attached hydrogen (secondary N) is 2. The summed E-state index contributed by atoms with van der Waals surface area (Å²) in [6.45, 7) is 7.88. The maximum Gasteiger partial charge on any atom is 0.407 e. The van der Waals surface area contributed by atoms with Crippen LogP contribution in [0, 0.1) is 0 Å². The summed E-state index contributed by atoms with van der Waals surface area (Å²) < 4.78 is 52.1. The van der Waals surface area contributed by atoms with E-state index >= 15 is 0 Å². The Morgan fingerprint density at radius 3 is 2.52 bits per heavy atom. The van der Waals surface area contributed by atoms with Gasteiger partial charge < -0.3 is 24.1 Å². The van der Waals surface area contributed by atoms with Gasteiger partial charge in [-0.3, -0.25) is 9.40 Å². The summed E-state index contributed by atoms with van der Waals surface area (Å²) in [7, 11) is -1.30. The second-order valence-electron chi connectivity index (χ2n) is 9.91. The van der Waals surface area contributed by atoms with Gasteiger partial charge in [-0.15, -0.1) is 0 Å². The third-order valence-corrected chi connectivity index (χ3v) is 7.02. The highest BCUT2D eigenvalue weighted by Crippen LogP contribution is 2.35. The number of methoxy groups -OCH3 is 2. The van der Waals surface area contributed by atoms with Crippen LogP contribution in [0.4, 0.5) is 10.6 Å². The normalized spacial score (nSPS) is 11.8. The van der Waals surface area contributed by atoms with E-state index in [-0.39, 0.29) is 23.1 Å². The van der Waals surface area contributed by atoms with Crippen molar-refractivity contribution in [2.45, 2.75) is 57.7 Å². The minimum absolute atomic E-state index is 0.0306. The Kier molecular flexibility index (Phi) is 8.18. The summed E-state index contributed by atoms with van der Waals surface area (Å²) in [6.07, 6.45) is 5.08. The number of pyridine rings is 1. The summed E-state index contributed by atoms with van der Waals surface area (Å²) in [5.74, 6) is 0.293. The Morgan fingerprint density at radius 1 is 1.07 bits per heavy atom. The average Bonchev–Trinajstić information content (AvgIpc) is 3.52. The van der Waals surface area contributed by atoms with Gasteiger partial charge in [0.2, 0.25) is 5.88 Å². The molecule has 214 valence electrons. The molecule has 0 saturated heterocycles. The monoisotopic (exact) mass is 572 g/mol. The molecule has 4 rings (SSSR count). The van der Waals surface area contributed by atoms with Gasteiger partial charge in [0.05, 0.1) is 27.0 Å². The Bertz CT molecular complexity index is 1620. The van der Waals surface area contributed by atoms with Crippen LogP contribution in [0.1, 0.15) is 44.4 Å². The Labute approximate surface area is 231 Å². The zero-order chi connectivity index (χ0) is 29.1. The van der Waals surface area contributed by atoms with Crippen LogP contribution < -0.4 is 19.5 Å². The SMILES string of the molecule is CCc1cnc(OC)c(S(=O)(=O)Nc2noc3cc(Cn4cc(CNC(=O)OC(C)(C)C)cn4)cc(OC)c23)c1. The number of sulfonamides is 1. The van der Waals surface area contributed by atoms with E-state index < -0.39 is 21.7 Å². The Balaban J connectivity index is 1.54. The van der Waals surface area contributed by atoms with Gasteiger partial charge in [-0.25, -0.2) is 18.2 Å². The van der Waals surface area contributed by atoms with E-state index in [2.05, 4.69) is 25.3 Å². The molecule has 4 aromatic rings. The highest BCUT2D eigenvalue weighted by atomic mass is 32.2. The number of hydrogen-bond acceptors (Lipinski definition) is 10. The number of anilines is 1. The van der Waals surface area contributed by atoms with E-state index in [4.69, 9.17) is 18.7 Å². The van der Waals surface area contributed by atoms with Gasteiger partial charge in [-0.2, -0.15) is 5.10 Å². The first-order valence-corrected chi connectivity index (χ1v) is 13.9. The minimum atomic E-state index is -4.12. The van der Waals surface area contributed by atoms with Gasteiger partial charge in [0, 0.05) is 24.5 Å². The number of alkyl carbamates (subject to hydrolysis) is 1. The molecule has 0 spiro atoms. The smallest absolute Gasteiger partial charge is 0.407 e. The van der Waals surface area contributed by atoms with Crippen molar-refractivity contribution in [1.82, 2.24) is 25.2 Å². The van der Waals surface area contributed by atoms with Crippen molar-refractivity contribution < 1.29 is 31.9 Å². The number of aryl methyl sites for hydroxylation is 1. The van der Waals surface area contributed by atoms with Crippen molar-refractivity contribution in [2.24, 2.45) is 0 Å². The first-order valence-electron chi connectivity index (χ1n) is 12.4. The van der Waals surface area contributed by atoms with E-state index in [9.17, 15) is 13.2 Å². The highest BCUT2D eigenvalue weighted by Gasteiger charge is 2.26. The number of rotatable bonds is 10. The summed E-state index contributed by atoms with van der Waals surface area (Å²) in [4.78, 5) is 15.9. The van der Waals surface area contributed by atoms with Crippen molar-refractivity contribution in [1.29, 1.82) is 0 Å². The fraction of sp³-hybridized carbons (Fsp3) is 0.385. The van der Waals surface area contributed by atoms with Crippen molar-refractivity contribution in [3.05, 3.63) is 53.5 Å². The molecule has 0 radical (unpaired) electrons. The van der Waals surface area contributed by atoms with Gasteiger partial charge in [0.25, 0.3) is 10.0 Å². The fourth-order valence-electron chi connectivity index (χ4n) is 3.87. The predicted molar refractivity (Wildman–Crippen MR) is 146 cm³/mol. The van der Waals surface area contributed by atoms with Gasteiger partial charge in [-0.05, 0) is 56.5 Å². The Hall–Kier alpha value is -4.33. The molecule has 1 aromatic carbocycles. The van der Waals surface area contributed by atoms with Crippen LogP contribution >= 0.6 is 0 Å². The molecule has 0 aliphatic rings. The number of carbonyl (C=O) groups excluding carboxylic acids is 1. The largest absolute Gasteiger partial charge is 0.496 e. The summed E-state index contributed by atoms with van der Waals surface area (Å²) in [5.41, 5.74) is 2.02. The summed E-state index contributed by atoms with van der Waals surface area (Å²) in [6, 6.07) is 4.98. The lowest BCUT2D eigenvalue weighted by Crippen LogP contribution is -2.32. The summed E-state index contributed by atoms with van der Waals surface area (Å²) >= 11 is 0. The molecule has 2 N–H and O–H groups in total. The molecule has 40 heavy (non-hydrogen) atoms. The van der Waals surface area contributed by atoms with E-state index in [1.807, 2.05) is 6.92 Å². The minimum Gasteiger partial charge on any atom is -0.496 e. The lowest BCUT2D eigenvalue weighted by Gasteiger charge is -2.19. The second kappa shape index (κ2) is 11.4. The van der Waals surface area contributed by atoms with E-state index in [1.165, 1.54) is 20.3 Å². The first-order chi connectivity index (χ1) is 18.9. The molecule has 0 aliphatic heterocycles. The van der Waals surface area contributed by atoms with E-state index in [0.29, 0.717) is 29.7 Å². The molecule has 14 heteroatoms. The van der Waals surface area contributed by atoms with E-state index in [1.54, 1.807) is 56.2 Å². The van der Waals surface area contributed by atoms with Crippen LogP contribution in [0.15, 0.2) is 46.2 Å². The number of carbonyl (C=O) groups is 1. The molecule has 1 amide bonds. The molecule has 0 aliphatic carbocycles. The van der Waals surface area contributed by atoms with Crippen molar-refractivity contribution in [3.63, 3.8) is 0 Å². The molecule has 0 atom stereocenters. The number of ether oxygens (including phenoxy) is 3. The number of benzene rings is 1. The molecule has 0 fully saturated rings. The lowest BCUT2D eigenvalue weighted by atomic mass is 10.1. The van der Waals surface area contributed by atoms with Crippen LogP contribution in [0.5, 0.6) is 11.6 Å². The Morgan fingerprint density at radius 2 is 1.85 bits per heavy atom.